The van der Waals surface area contributed by atoms with Crippen molar-refractivity contribution < 1.29 is 4.79 Å². The van der Waals surface area contributed by atoms with Gasteiger partial charge in [0, 0.05) is 30.5 Å². The third kappa shape index (κ3) is 5.40. The summed E-state index contributed by atoms with van der Waals surface area (Å²) in [7, 11) is 2.08. The molecule has 0 aromatic heterocycles. The lowest BCUT2D eigenvalue weighted by Crippen LogP contribution is -2.42. The minimum absolute atomic E-state index is 0.0796. The van der Waals surface area contributed by atoms with Crippen LogP contribution in [0.3, 0.4) is 0 Å². The third-order valence-corrected chi connectivity index (χ3v) is 7.08. The Morgan fingerprint density at radius 3 is 1.67 bits per heavy atom. The zero-order chi connectivity index (χ0) is 24.7. The SMILES string of the molecule is CN(CC(=O)N(c1ccccc1)c1ccccc1)[C@H]1CCN(C(c2ccccc2)c2ccccc2)C1. The Morgan fingerprint density at radius 2 is 1.19 bits per heavy atom. The standard InChI is InChI=1S/C32H33N3O/c1-33(25-31(36)35(28-18-10-4-11-19-28)29-20-12-5-13-21-29)30-22-23-34(24-30)32(26-14-6-2-7-15-26)27-16-8-3-9-17-27/h2-21,30,32H,22-25H2,1H3/t30-/m0/s1. The lowest BCUT2D eigenvalue weighted by Gasteiger charge is -2.31. The first-order chi connectivity index (χ1) is 17.7. The molecule has 0 N–H and O–H groups in total. The minimum atomic E-state index is 0.0796. The van der Waals surface area contributed by atoms with Gasteiger partial charge < -0.3 is 0 Å². The van der Waals surface area contributed by atoms with Crippen LogP contribution >= 0.6 is 0 Å². The van der Waals surface area contributed by atoms with Gasteiger partial charge in [0.25, 0.3) is 0 Å². The molecule has 5 rings (SSSR count). The van der Waals surface area contributed by atoms with Gasteiger partial charge in [0.2, 0.25) is 5.91 Å². The Bertz CT molecular complexity index is 1150. The Labute approximate surface area is 214 Å². The van der Waals surface area contributed by atoms with E-state index < -0.39 is 0 Å². The first kappa shape index (κ1) is 24.0. The molecule has 1 atom stereocenters. The van der Waals surface area contributed by atoms with Crippen LogP contribution in [0.5, 0.6) is 0 Å². The fourth-order valence-electron chi connectivity index (χ4n) is 5.25. The average molecular weight is 476 g/mol. The van der Waals surface area contributed by atoms with Gasteiger partial charge in [0.1, 0.15) is 0 Å². The Balaban J connectivity index is 1.32. The van der Waals surface area contributed by atoms with E-state index in [0.29, 0.717) is 12.6 Å². The summed E-state index contributed by atoms with van der Waals surface area (Å²) in [5.74, 6) is 0.0796. The van der Waals surface area contributed by atoms with Gasteiger partial charge in [-0.2, -0.15) is 0 Å². The molecule has 4 aromatic rings. The molecule has 4 aromatic carbocycles. The van der Waals surface area contributed by atoms with Gasteiger partial charge in [0.05, 0.1) is 12.6 Å². The molecule has 1 aliphatic rings. The van der Waals surface area contributed by atoms with Crippen LogP contribution in [0.25, 0.3) is 0 Å². The number of anilines is 2. The number of amides is 1. The molecule has 4 nitrogen and oxygen atoms in total. The van der Waals surface area contributed by atoms with E-state index >= 15 is 0 Å². The summed E-state index contributed by atoms with van der Waals surface area (Å²) in [5, 5.41) is 0. The number of hydrogen-bond donors (Lipinski definition) is 0. The predicted molar refractivity (Wildman–Crippen MR) is 147 cm³/mol. The van der Waals surface area contributed by atoms with Crippen LogP contribution in [0.2, 0.25) is 0 Å². The number of carbonyl (C=O) groups excluding carboxylic acids is 1. The van der Waals surface area contributed by atoms with Crippen molar-refractivity contribution in [1.82, 2.24) is 9.80 Å². The second-order valence-corrected chi connectivity index (χ2v) is 9.48. The van der Waals surface area contributed by atoms with Crippen molar-refractivity contribution >= 4 is 17.3 Å². The van der Waals surface area contributed by atoms with Gasteiger partial charge in [0.15, 0.2) is 0 Å². The molecule has 0 aliphatic carbocycles. The average Bonchev–Trinajstić information content (AvgIpc) is 3.41. The van der Waals surface area contributed by atoms with Crippen molar-refractivity contribution in [3.05, 3.63) is 132 Å². The largest absolute Gasteiger partial charge is 0.293 e. The molecule has 0 bridgehead atoms. The minimum Gasteiger partial charge on any atom is -0.293 e. The van der Waals surface area contributed by atoms with Gasteiger partial charge in [-0.3, -0.25) is 19.5 Å². The highest BCUT2D eigenvalue weighted by atomic mass is 16.2. The van der Waals surface area contributed by atoms with Crippen LogP contribution in [0.4, 0.5) is 11.4 Å². The van der Waals surface area contributed by atoms with Crippen molar-refractivity contribution in [2.45, 2.75) is 18.5 Å². The van der Waals surface area contributed by atoms with Gasteiger partial charge in [-0.25, -0.2) is 0 Å². The van der Waals surface area contributed by atoms with Crippen LogP contribution in [-0.2, 0) is 4.79 Å². The monoisotopic (exact) mass is 475 g/mol. The molecule has 0 spiro atoms. The Kier molecular flexibility index (Phi) is 7.55. The summed E-state index contributed by atoms with van der Waals surface area (Å²) >= 11 is 0. The Hall–Kier alpha value is -3.73. The molecule has 0 saturated carbocycles. The van der Waals surface area contributed by atoms with E-state index in [-0.39, 0.29) is 11.9 Å². The summed E-state index contributed by atoms with van der Waals surface area (Å²) in [6.45, 7) is 2.29. The van der Waals surface area contributed by atoms with Crippen molar-refractivity contribution in [2.75, 3.05) is 31.6 Å². The van der Waals surface area contributed by atoms with E-state index in [2.05, 4.69) is 77.5 Å². The number of likely N-dealkylation sites (tertiary alicyclic amines) is 1. The number of hydrogen-bond acceptors (Lipinski definition) is 3. The Morgan fingerprint density at radius 1 is 0.750 bits per heavy atom. The van der Waals surface area contributed by atoms with Crippen molar-refractivity contribution in [1.29, 1.82) is 0 Å². The molecule has 1 amide bonds. The van der Waals surface area contributed by atoms with E-state index in [0.717, 1.165) is 30.9 Å². The number of rotatable bonds is 8. The zero-order valence-electron chi connectivity index (χ0n) is 20.8. The van der Waals surface area contributed by atoms with Crippen LogP contribution in [0, 0.1) is 0 Å². The fraction of sp³-hybridized carbons (Fsp3) is 0.219. The topological polar surface area (TPSA) is 26.8 Å². The number of carbonyl (C=O) groups is 1. The summed E-state index contributed by atoms with van der Waals surface area (Å²) in [5.41, 5.74) is 4.40. The van der Waals surface area contributed by atoms with E-state index in [1.54, 1.807) is 0 Å². The van der Waals surface area contributed by atoms with Crippen LogP contribution in [-0.4, -0.2) is 48.4 Å². The maximum Gasteiger partial charge on any atom is 0.245 e. The lowest BCUT2D eigenvalue weighted by atomic mass is 9.97. The second-order valence-electron chi connectivity index (χ2n) is 9.48. The first-order valence-corrected chi connectivity index (χ1v) is 12.7. The van der Waals surface area contributed by atoms with Crippen LogP contribution in [0.1, 0.15) is 23.6 Å². The van der Waals surface area contributed by atoms with E-state index in [1.165, 1.54) is 11.1 Å². The highest BCUT2D eigenvalue weighted by Gasteiger charge is 2.33. The molecule has 0 unspecified atom stereocenters. The molecule has 4 heteroatoms. The fourth-order valence-corrected chi connectivity index (χ4v) is 5.25. The number of likely N-dealkylation sites (N-methyl/N-ethyl adjacent to an activating group) is 1. The highest BCUT2D eigenvalue weighted by Crippen LogP contribution is 2.33. The van der Waals surface area contributed by atoms with Gasteiger partial charge in [-0.1, -0.05) is 97.1 Å². The molecule has 1 aliphatic heterocycles. The quantitative estimate of drug-likeness (QED) is 0.306. The number of para-hydroxylation sites is 2. The molecular weight excluding hydrogens is 442 g/mol. The predicted octanol–water partition coefficient (Wildman–Crippen LogP) is 6.15. The van der Waals surface area contributed by atoms with E-state index in [9.17, 15) is 4.79 Å². The van der Waals surface area contributed by atoms with Gasteiger partial charge in [-0.05, 0) is 48.9 Å². The smallest absolute Gasteiger partial charge is 0.245 e. The molecule has 1 heterocycles. The number of benzene rings is 4. The van der Waals surface area contributed by atoms with Gasteiger partial charge in [-0.15, -0.1) is 0 Å². The molecule has 0 radical (unpaired) electrons. The normalized spacial score (nSPS) is 15.9. The number of nitrogens with zero attached hydrogens (tertiary/aromatic N) is 3. The molecule has 182 valence electrons. The lowest BCUT2D eigenvalue weighted by molar-refractivity contribution is -0.119. The van der Waals surface area contributed by atoms with E-state index in [1.807, 2.05) is 65.6 Å². The van der Waals surface area contributed by atoms with Crippen molar-refractivity contribution in [3.63, 3.8) is 0 Å². The maximum atomic E-state index is 13.6. The first-order valence-electron chi connectivity index (χ1n) is 12.7. The van der Waals surface area contributed by atoms with Gasteiger partial charge >= 0.3 is 0 Å². The maximum absolute atomic E-state index is 13.6. The molecular formula is C32H33N3O. The van der Waals surface area contributed by atoms with E-state index in [4.69, 9.17) is 0 Å². The van der Waals surface area contributed by atoms with Crippen molar-refractivity contribution in [2.24, 2.45) is 0 Å². The summed E-state index contributed by atoms with van der Waals surface area (Å²) in [6.07, 6.45) is 1.04. The summed E-state index contributed by atoms with van der Waals surface area (Å²) in [6, 6.07) is 41.8. The molecule has 1 saturated heterocycles. The third-order valence-electron chi connectivity index (χ3n) is 7.08. The summed E-state index contributed by atoms with van der Waals surface area (Å²) in [4.78, 5) is 20.3. The van der Waals surface area contributed by atoms with Crippen LogP contribution in [0.15, 0.2) is 121 Å². The van der Waals surface area contributed by atoms with Crippen LogP contribution < -0.4 is 4.90 Å². The highest BCUT2D eigenvalue weighted by molar-refractivity contribution is 6.01. The summed E-state index contributed by atoms with van der Waals surface area (Å²) < 4.78 is 0. The second kappa shape index (κ2) is 11.3. The molecule has 36 heavy (non-hydrogen) atoms. The van der Waals surface area contributed by atoms with Crippen molar-refractivity contribution in [3.8, 4) is 0 Å². The molecule has 1 fully saturated rings. The zero-order valence-corrected chi connectivity index (χ0v) is 20.8.